The van der Waals surface area contributed by atoms with Crippen LogP contribution in [0, 0.1) is 5.82 Å². The van der Waals surface area contributed by atoms with E-state index < -0.39 is 23.7 Å². The first kappa shape index (κ1) is 36.4. The largest absolute Gasteiger partial charge is 0.416 e. The van der Waals surface area contributed by atoms with Crippen molar-refractivity contribution >= 4 is 23.6 Å². The molecule has 2 amide bonds. The summed E-state index contributed by atoms with van der Waals surface area (Å²) in [5, 5.41) is 0. The van der Waals surface area contributed by atoms with Crippen LogP contribution in [0.2, 0.25) is 0 Å². The fourth-order valence-electron chi connectivity index (χ4n) is 6.19. The zero-order valence-electron chi connectivity index (χ0n) is 28.3. The van der Waals surface area contributed by atoms with Gasteiger partial charge in [-0.1, -0.05) is 86.5 Å². The Morgan fingerprint density at radius 1 is 0.780 bits per heavy atom. The Hall–Kier alpha value is -4.92. The number of anilines is 1. The van der Waals surface area contributed by atoms with Crippen LogP contribution in [-0.2, 0) is 35.2 Å². The van der Waals surface area contributed by atoms with Crippen LogP contribution in [0.5, 0.6) is 0 Å². The highest BCUT2D eigenvalue weighted by atomic mass is 19.4. The van der Waals surface area contributed by atoms with Crippen molar-refractivity contribution in [1.82, 2.24) is 9.80 Å². The fourth-order valence-corrected chi connectivity index (χ4v) is 6.19. The molecule has 262 valence electrons. The van der Waals surface area contributed by atoms with E-state index in [1.165, 1.54) is 42.0 Å². The van der Waals surface area contributed by atoms with Gasteiger partial charge in [-0.3, -0.25) is 9.59 Å². The third-order valence-electron chi connectivity index (χ3n) is 9.10. The second-order valence-electron chi connectivity index (χ2n) is 12.7. The first-order chi connectivity index (χ1) is 24.1. The quantitative estimate of drug-likeness (QED) is 0.0805. The summed E-state index contributed by atoms with van der Waals surface area (Å²) in [7, 11) is 0. The molecule has 1 fully saturated rings. The summed E-state index contributed by atoms with van der Waals surface area (Å²) in [6.07, 6.45) is 2.98. The molecule has 1 aliphatic heterocycles. The Labute approximate surface area is 291 Å². The molecule has 0 aliphatic carbocycles. The van der Waals surface area contributed by atoms with Crippen molar-refractivity contribution in [3.63, 3.8) is 0 Å². The lowest BCUT2D eigenvalue weighted by molar-refractivity contribution is -0.144. The Morgan fingerprint density at radius 2 is 1.42 bits per heavy atom. The number of benzene rings is 4. The maximum atomic E-state index is 14.5. The standard InChI is InChI=1S/C41H43F4N3O2/c1-2-3-5-8-31-11-13-34(14-12-31)30-48(39(49)24-17-32-15-18-35(19-16-32)41(43,44)45)38(29-33-9-6-4-7-10-33)40(50)47-27-25-46(26-28-47)37-22-20-36(42)21-23-37/h4,6-7,9-24,38H,2-3,5,8,25-30H2,1H3/b24-17+/t38-/m0/s1. The molecule has 1 atom stereocenters. The average Bonchev–Trinajstić information content (AvgIpc) is 3.13. The molecular formula is C41H43F4N3O2. The van der Waals surface area contributed by atoms with Gasteiger partial charge in [-0.15, -0.1) is 0 Å². The van der Waals surface area contributed by atoms with Crippen LogP contribution in [0.25, 0.3) is 6.08 Å². The van der Waals surface area contributed by atoms with Gasteiger partial charge < -0.3 is 14.7 Å². The van der Waals surface area contributed by atoms with Crippen LogP contribution in [0.3, 0.4) is 0 Å². The molecule has 1 saturated heterocycles. The minimum Gasteiger partial charge on any atom is -0.368 e. The number of hydrogen-bond acceptors (Lipinski definition) is 3. The van der Waals surface area contributed by atoms with Crippen molar-refractivity contribution in [2.45, 2.75) is 57.8 Å². The fraction of sp³-hybridized carbons (Fsp3) is 0.317. The van der Waals surface area contributed by atoms with Crippen LogP contribution >= 0.6 is 0 Å². The predicted octanol–water partition coefficient (Wildman–Crippen LogP) is 8.58. The van der Waals surface area contributed by atoms with Crippen molar-refractivity contribution in [1.29, 1.82) is 0 Å². The van der Waals surface area contributed by atoms with E-state index in [-0.39, 0.29) is 24.7 Å². The molecule has 1 heterocycles. The Bertz CT molecular complexity index is 1700. The van der Waals surface area contributed by atoms with Gasteiger partial charge in [-0.25, -0.2) is 4.39 Å². The van der Waals surface area contributed by atoms with Gasteiger partial charge in [0.05, 0.1) is 5.56 Å². The number of alkyl halides is 3. The van der Waals surface area contributed by atoms with E-state index in [9.17, 15) is 27.2 Å². The molecule has 1 aliphatic rings. The maximum absolute atomic E-state index is 14.5. The lowest BCUT2D eigenvalue weighted by atomic mass is 10.0. The van der Waals surface area contributed by atoms with E-state index in [0.717, 1.165) is 54.6 Å². The van der Waals surface area contributed by atoms with Gasteiger partial charge in [0, 0.05) is 50.9 Å². The van der Waals surface area contributed by atoms with E-state index in [0.29, 0.717) is 31.7 Å². The first-order valence-corrected chi connectivity index (χ1v) is 17.2. The molecule has 9 heteroatoms. The summed E-state index contributed by atoms with van der Waals surface area (Å²) in [4.78, 5) is 34.1. The van der Waals surface area contributed by atoms with E-state index >= 15 is 0 Å². The minimum absolute atomic E-state index is 0.171. The zero-order valence-corrected chi connectivity index (χ0v) is 28.3. The number of carbonyl (C=O) groups excluding carboxylic acids is 2. The number of halogens is 4. The van der Waals surface area contributed by atoms with Crippen molar-refractivity contribution < 1.29 is 27.2 Å². The van der Waals surface area contributed by atoms with Crippen LogP contribution < -0.4 is 4.90 Å². The van der Waals surface area contributed by atoms with Gasteiger partial charge in [0.1, 0.15) is 11.9 Å². The maximum Gasteiger partial charge on any atom is 0.416 e. The molecule has 4 aromatic carbocycles. The molecule has 0 saturated carbocycles. The van der Waals surface area contributed by atoms with Crippen molar-refractivity contribution in [3.8, 4) is 0 Å². The number of rotatable bonds is 13. The monoisotopic (exact) mass is 685 g/mol. The molecule has 4 aromatic rings. The topological polar surface area (TPSA) is 43.9 Å². The number of aryl methyl sites for hydroxylation is 1. The number of unbranched alkanes of at least 4 members (excludes halogenated alkanes) is 2. The predicted molar refractivity (Wildman–Crippen MR) is 190 cm³/mol. The van der Waals surface area contributed by atoms with Crippen LogP contribution in [-0.4, -0.2) is 53.8 Å². The highest BCUT2D eigenvalue weighted by molar-refractivity contribution is 5.96. The van der Waals surface area contributed by atoms with Crippen LogP contribution in [0.15, 0.2) is 109 Å². The Morgan fingerprint density at radius 3 is 2.04 bits per heavy atom. The van der Waals surface area contributed by atoms with Gasteiger partial charge in [0.25, 0.3) is 0 Å². The second kappa shape index (κ2) is 17.1. The van der Waals surface area contributed by atoms with Crippen molar-refractivity contribution in [2.75, 3.05) is 31.1 Å². The van der Waals surface area contributed by atoms with E-state index in [2.05, 4.69) is 24.0 Å². The van der Waals surface area contributed by atoms with E-state index in [1.807, 2.05) is 42.5 Å². The molecule has 5 rings (SSSR count). The lowest BCUT2D eigenvalue weighted by Gasteiger charge is -2.40. The number of carbonyl (C=O) groups is 2. The summed E-state index contributed by atoms with van der Waals surface area (Å²) in [6.45, 7) is 4.30. The summed E-state index contributed by atoms with van der Waals surface area (Å²) >= 11 is 0. The summed E-state index contributed by atoms with van der Waals surface area (Å²) < 4.78 is 52.9. The minimum atomic E-state index is -4.46. The molecule has 0 aromatic heterocycles. The van der Waals surface area contributed by atoms with Gasteiger partial charge in [-0.2, -0.15) is 13.2 Å². The number of hydrogen-bond donors (Lipinski definition) is 0. The molecule has 0 bridgehead atoms. The first-order valence-electron chi connectivity index (χ1n) is 17.2. The smallest absolute Gasteiger partial charge is 0.368 e. The molecule has 0 N–H and O–H groups in total. The molecular weight excluding hydrogens is 642 g/mol. The summed E-state index contributed by atoms with van der Waals surface area (Å²) in [6, 6.07) is 27.7. The molecule has 5 nitrogen and oxygen atoms in total. The van der Waals surface area contributed by atoms with Gasteiger partial charge in [0.15, 0.2) is 0 Å². The summed E-state index contributed by atoms with van der Waals surface area (Å²) in [5.41, 5.74) is 3.51. The zero-order chi connectivity index (χ0) is 35.5. The third kappa shape index (κ3) is 10.1. The SMILES string of the molecule is CCCCCc1ccc(CN(C(=O)/C=C/c2ccc(C(F)(F)F)cc2)[C@@H](Cc2ccccc2)C(=O)N2CCN(c3ccc(F)cc3)CC2)cc1. The highest BCUT2D eigenvalue weighted by Gasteiger charge is 2.34. The lowest BCUT2D eigenvalue weighted by Crippen LogP contribution is -2.56. The van der Waals surface area contributed by atoms with E-state index in [1.54, 1.807) is 21.9 Å². The van der Waals surface area contributed by atoms with Crippen LogP contribution in [0.4, 0.5) is 23.2 Å². The third-order valence-corrected chi connectivity index (χ3v) is 9.10. The second-order valence-corrected chi connectivity index (χ2v) is 12.7. The molecule has 50 heavy (non-hydrogen) atoms. The normalized spacial score (nSPS) is 14.2. The van der Waals surface area contributed by atoms with Crippen LogP contribution in [0.1, 0.15) is 54.0 Å². The van der Waals surface area contributed by atoms with E-state index in [4.69, 9.17) is 0 Å². The number of nitrogens with zero attached hydrogens (tertiary/aromatic N) is 3. The number of piperazine rings is 1. The molecule has 0 unspecified atom stereocenters. The Balaban J connectivity index is 1.42. The van der Waals surface area contributed by atoms with Gasteiger partial charge >= 0.3 is 6.18 Å². The summed E-state index contributed by atoms with van der Waals surface area (Å²) in [5.74, 6) is -0.911. The average molecular weight is 686 g/mol. The Kier molecular flexibility index (Phi) is 12.5. The van der Waals surface area contributed by atoms with Gasteiger partial charge in [-0.05, 0) is 77.6 Å². The van der Waals surface area contributed by atoms with Crippen molar-refractivity contribution in [2.24, 2.45) is 0 Å². The van der Waals surface area contributed by atoms with Gasteiger partial charge in [0.2, 0.25) is 11.8 Å². The number of amides is 2. The highest BCUT2D eigenvalue weighted by Crippen LogP contribution is 2.29. The molecule has 0 spiro atoms. The van der Waals surface area contributed by atoms with Crippen molar-refractivity contribution in [3.05, 3.63) is 143 Å². The molecule has 0 radical (unpaired) electrons.